The average molecular weight is 326 g/mol. The first-order valence-corrected chi connectivity index (χ1v) is 6.21. The number of hydrogen-bond donors (Lipinski definition) is 1. The van der Waals surface area contributed by atoms with E-state index in [1.165, 1.54) is 6.26 Å². The van der Waals surface area contributed by atoms with Crippen LogP contribution in [-0.2, 0) is 6.54 Å². The molecule has 0 aliphatic carbocycles. The third kappa shape index (κ3) is 3.20. The topological polar surface area (TPSA) is 129 Å². The lowest BCUT2D eigenvalue weighted by Crippen LogP contribution is -2.22. The first-order valence-electron chi connectivity index (χ1n) is 5.83. The number of carbonyl (C=O) groups excluding carboxylic acids is 1. The van der Waals surface area contributed by atoms with Crippen molar-refractivity contribution in [2.24, 2.45) is 0 Å². The fraction of sp³-hybridized carbons (Fsp3) is 0.0833. The van der Waals surface area contributed by atoms with E-state index >= 15 is 0 Å². The van der Waals surface area contributed by atoms with Crippen LogP contribution in [0.1, 0.15) is 16.1 Å². The highest BCUT2D eigenvalue weighted by Crippen LogP contribution is 2.34. The molecular weight excluding hydrogens is 318 g/mol. The summed E-state index contributed by atoms with van der Waals surface area (Å²) in [6, 6.07) is 5.01. The van der Waals surface area contributed by atoms with Gasteiger partial charge in [-0.25, -0.2) is 0 Å². The minimum Gasteiger partial charge on any atom is -0.467 e. The monoisotopic (exact) mass is 325 g/mol. The van der Waals surface area contributed by atoms with Gasteiger partial charge in [0.05, 0.1) is 28.2 Å². The number of halogens is 1. The fourth-order valence-electron chi connectivity index (χ4n) is 1.67. The standard InChI is InChI=1S/C12H8ClN3O6/c13-11-9(15(18)19)4-7(5-10(11)16(20)21)12(17)14-6-8-2-1-3-22-8/h1-5H,6H2,(H,14,17). The number of amides is 1. The van der Waals surface area contributed by atoms with Crippen LogP contribution in [0.25, 0.3) is 0 Å². The van der Waals surface area contributed by atoms with Crippen LogP contribution in [0, 0.1) is 20.2 Å². The summed E-state index contributed by atoms with van der Waals surface area (Å²) in [6.07, 6.45) is 1.42. The van der Waals surface area contributed by atoms with E-state index in [9.17, 15) is 25.0 Å². The molecule has 2 rings (SSSR count). The summed E-state index contributed by atoms with van der Waals surface area (Å²) in [6.45, 7) is 0.0378. The molecule has 2 aromatic rings. The van der Waals surface area contributed by atoms with E-state index in [0.717, 1.165) is 12.1 Å². The Kier molecular flexibility index (Phi) is 4.37. The molecule has 1 N–H and O–H groups in total. The maximum Gasteiger partial charge on any atom is 0.295 e. The summed E-state index contributed by atoms with van der Waals surface area (Å²) in [4.78, 5) is 31.9. The van der Waals surface area contributed by atoms with Crippen LogP contribution in [-0.4, -0.2) is 15.8 Å². The molecule has 0 atom stereocenters. The Balaban J connectivity index is 2.31. The Hall–Kier alpha value is -2.94. The SMILES string of the molecule is O=C(NCc1ccco1)c1cc([N+](=O)[O-])c(Cl)c([N+](=O)[O-])c1. The average Bonchev–Trinajstić information content (AvgIpc) is 2.97. The first kappa shape index (κ1) is 15.4. The first-order chi connectivity index (χ1) is 10.4. The largest absolute Gasteiger partial charge is 0.467 e. The zero-order valence-corrected chi connectivity index (χ0v) is 11.6. The molecule has 0 aliphatic rings. The molecule has 1 aromatic heterocycles. The highest BCUT2D eigenvalue weighted by Gasteiger charge is 2.27. The third-order valence-electron chi connectivity index (χ3n) is 2.69. The molecule has 9 nitrogen and oxygen atoms in total. The lowest BCUT2D eigenvalue weighted by Gasteiger charge is -2.05. The van der Waals surface area contributed by atoms with E-state index < -0.39 is 32.2 Å². The summed E-state index contributed by atoms with van der Waals surface area (Å²) >= 11 is 5.60. The Labute approximate surface area is 127 Å². The van der Waals surface area contributed by atoms with Gasteiger partial charge in [0.1, 0.15) is 5.76 Å². The van der Waals surface area contributed by atoms with Gasteiger partial charge in [0.25, 0.3) is 17.3 Å². The number of nitro benzene ring substituents is 2. The van der Waals surface area contributed by atoms with Gasteiger partial charge < -0.3 is 9.73 Å². The summed E-state index contributed by atoms with van der Waals surface area (Å²) in [5, 5.41) is 23.5. The van der Waals surface area contributed by atoms with Gasteiger partial charge in [-0.1, -0.05) is 11.6 Å². The van der Waals surface area contributed by atoms with Gasteiger partial charge in [0.2, 0.25) is 0 Å². The molecular formula is C12H8ClN3O6. The maximum absolute atomic E-state index is 12.0. The van der Waals surface area contributed by atoms with Crippen LogP contribution < -0.4 is 5.32 Å². The minimum absolute atomic E-state index is 0.0378. The molecule has 0 spiro atoms. The number of furan rings is 1. The van der Waals surface area contributed by atoms with E-state index in [1.54, 1.807) is 12.1 Å². The predicted octanol–water partition coefficient (Wildman–Crippen LogP) is 2.68. The summed E-state index contributed by atoms with van der Waals surface area (Å²) in [5.41, 5.74) is -1.66. The van der Waals surface area contributed by atoms with Gasteiger partial charge in [0.15, 0.2) is 5.02 Å². The van der Waals surface area contributed by atoms with Gasteiger partial charge in [-0.2, -0.15) is 0 Å². The van der Waals surface area contributed by atoms with Crippen molar-refractivity contribution >= 4 is 28.9 Å². The second-order valence-electron chi connectivity index (χ2n) is 4.10. The predicted molar refractivity (Wildman–Crippen MR) is 74.6 cm³/mol. The van der Waals surface area contributed by atoms with Crippen LogP contribution in [0.3, 0.4) is 0 Å². The molecule has 0 fully saturated rings. The molecule has 0 aliphatic heterocycles. The van der Waals surface area contributed by atoms with E-state index in [-0.39, 0.29) is 12.1 Å². The Morgan fingerprint density at radius 2 is 1.82 bits per heavy atom. The number of hydrogen-bond acceptors (Lipinski definition) is 6. The number of rotatable bonds is 5. The number of nitro groups is 2. The molecule has 1 amide bonds. The minimum atomic E-state index is -0.890. The second-order valence-corrected chi connectivity index (χ2v) is 4.48. The van der Waals surface area contributed by atoms with Crippen molar-refractivity contribution in [1.29, 1.82) is 0 Å². The highest BCUT2D eigenvalue weighted by molar-refractivity contribution is 6.35. The molecule has 1 heterocycles. The smallest absolute Gasteiger partial charge is 0.295 e. The van der Waals surface area contributed by atoms with E-state index in [0.29, 0.717) is 5.76 Å². The molecule has 1 aromatic carbocycles. The molecule has 0 bridgehead atoms. The lowest BCUT2D eigenvalue weighted by molar-refractivity contribution is -0.393. The van der Waals surface area contributed by atoms with Crippen molar-refractivity contribution < 1.29 is 19.1 Å². The van der Waals surface area contributed by atoms with E-state index in [2.05, 4.69) is 5.32 Å². The zero-order chi connectivity index (χ0) is 16.3. The fourth-order valence-corrected chi connectivity index (χ4v) is 1.92. The molecule has 0 saturated heterocycles. The summed E-state index contributed by atoms with van der Waals surface area (Å²) < 4.78 is 5.01. The Morgan fingerprint density at radius 3 is 2.27 bits per heavy atom. The third-order valence-corrected chi connectivity index (χ3v) is 3.08. The Morgan fingerprint density at radius 1 is 1.23 bits per heavy atom. The van der Waals surface area contributed by atoms with Crippen LogP contribution in [0.2, 0.25) is 5.02 Å². The van der Waals surface area contributed by atoms with Crippen molar-refractivity contribution in [3.63, 3.8) is 0 Å². The number of nitrogens with zero attached hydrogens (tertiary/aromatic N) is 2. The van der Waals surface area contributed by atoms with Crippen LogP contribution in [0.5, 0.6) is 0 Å². The van der Waals surface area contributed by atoms with Crippen molar-refractivity contribution in [3.8, 4) is 0 Å². The maximum atomic E-state index is 12.0. The van der Waals surface area contributed by atoms with Crippen molar-refractivity contribution in [1.82, 2.24) is 5.32 Å². The van der Waals surface area contributed by atoms with Crippen molar-refractivity contribution in [2.75, 3.05) is 0 Å². The van der Waals surface area contributed by atoms with Crippen LogP contribution in [0.4, 0.5) is 11.4 Å². The number of benzene rings is 1. The van der Waals surface area contributed by atoms with Crippen LogP contribution in [0.15, 0.2) is 34.9 Å². The van der Waals surface area contributed by atoms with Gasteiger partial charge in [0, 0.05) is 12.1 Å². The zero-order valence-electron chi connectivity index (χ0n) is 10.8. The van der Waals surface area contributed by atoms with Crippen LogP contribution >= 0.6 is 11.6 Å². The second kappa shape index (κ2) is 6.22. The molecule has 22 heavy (non-hydrogen) atoms. The number of carbonyl (C=O) groups is 1. The summed E-state index contributed by atoms with van der Waals surface area (Å²) in [5.74, 6) is -0.259. The molecule has 114 valence electrons. The molecule has 0 unspecified atom stereocenters. The normalized spacial score (nSPS) is 10.2. The van der Waals surface area contributed by atoms with Gasteiger partial charge in [-0.3, -0.25) is 25.0 Å². The number of nitrogens with one attached hydrogen (secondary N) is 1. The molecule has 0 saturated carbocycles. The quantitative estimate of drug-likeness (QED) is 0.664. The summed E-state index contributed by atoms with van der Waals surface area (Å²) in [7, 11) is 0. The van der Waals surface area contributed by atoms with E-state index in [1.807, 2.05) is 0 Å². The lowest BCUT2D eigenvalue weighted by atomic mass is 10.1. The highest BCUT2D eigenvalue weighted by atomic mass is 35.5. The van der Waals surface area contributed by atoms with Gasteiger partial charge in [-0.15, -0.1) is 0 Å². The van der Waals surface area contributed by atoms with Crippen molar-refractivity contribution in [3.05, 3.63) is 67.1 Å². The molecule has 0 radical (unpaired) electrons. The molecule has 10 heteroatoms. The Bertz CT molecular complexity index is 708. The van der Waals surface area contributed by atoms with E-state index in [4.69, 9.17) is 16.0 Å². The van der Waals surface area contributed by atoms with Crippen molar-refractivity contribution in [2.45, 2.75) is 6.54 Å². The van der Waals surface area contributed by atoms with Gasteiger partial charge in [-0.05, 0) is 12.1 Å². The van der Waals surface area contributed by atoms with Gasteiger partial charge >= 0.3 is 0 Å².